The Labute approximate surface area is 122 Å². The van der Waals surface area contributed by atoms with Crippen LogP contribution in [0.15, 0.2) is 41.3 Å². The number of carbonyl (C=O) groups is 1. The highest BCUT2D eigenvalue weighted by Crippen LogP contribution is 2.14. The molecule has 0 aromatic carbocycles. The zero-order valence-corrected chi connectivity index (χ0v) is 12.1. The standard InChI is InChI=1S/C15H18N4O2/c1-3-19(4-2)13-9-8-11(10-16-13)17-15(21)12-6-5-7-14(20)18-12/h5-10H,3-4H2,1-2H3,(H,17,21)(H,18,20). The summed E-state index contributed by atoms with van der Waals surface area (Å²) in [7, 11) is 0. The molecule has 21 heavy (non-hydrogen) atoms. The third kappa shape index (κ3) is 3.68. The van der Waals surface area contributed by atoms with E-state index in [9.17, 15) is 9.59 Å². The quantitative estimate of drug-likeness (QED) is 0.879. The average molecular weight is 286 g/mol. The van der Waals surface area contributed by atoms with E-state index in [0.29, 0.717) is 5.69 Å². The first-order valence-corrected chi connectivity index (χ1v) is 6.85. The van der Waals surface area contributed by atoms with Gasteiger partial charge in [-0.05, 0) is 32.0 Å². The number of nitrogens with zero attached hydrogens (tertiary/aromatic N) is 2. The Morgan fingerprint density at radius 3 is 2.57 bits per heavy atom. The van der Waals surface area contributed by atoms with Crippen LogP contribution >= 0.6 is 0 Å². The van der Waals surface area contributed by atoms with Crippen molar-refractivity contribution in [3.05, 3.63) is 52.6 Å². The molecule has 6 heteroatoms. The van der Waals surface area contributed by atoms with Crippen molar-refractivity contribution in [1.29, 1.82) is 0 Å². The van der Waals surface area contributed by atoms with Gasteiger partial charge in [-0.15, -0.1) is 0 Å². The minimum absolute atomic E-state index is 0.218. The number of aromatic nitrogens is 2. The van der Waals surface area contributed by atoms with E-state index >= 15 is 0 Å². The van der Waals surface area contributed by atoms with Crippen LogP contribution in [0.5, 0.6) is 0 Å². The fraction of sp³-hybridized carbons (Fsp3) is 0.267. The normalized spacial score (nSPS) is 10.2. The SMILES string of the molecule is CCN(CC)c1ccc(NC(=O)c2cccc(=O)[nH]2)cn1. The Balaban J connectivity index is 2.10. The maximum Gasteiger partial charge on any atom is 0.272 e. The summed E-state index contributed by atoms with van der Waals surface area (Å²) >= 11 is 0. The van der Waals surface area contributed by atoms with Gasteiger partial charge >= 0.3 is 0 Å². The molecule has 2 aromatic heterocycles. The maximum atomic E-state index is 12.0. The Bertz CT molecular complexity index is 660. The molecule has 2 aromatic rings. The van der Waals surface area contributed by atoms with Gasteiger partial charge < -0.3 is 15.2 Å². The zero-order valence-electron chi connectivity index (χ0n) is 12.1. The molecule has 0 radical (unpaired) electrons. The van der Waals surface area contributed by atoms with Crippen LogP contribution in [0.4, 0.5) is 11.5 Å². The van der Waals surface area contributed by atoms with Gasteiger partial charge in [0, 0.05) is 19.2 Å². The predicted octanol–water partition coefficient (Wildman–Crippen LogP) is 1.87. The first kappa shape index (κ1) is 14.8. The summed E-state index contributed by atoms with van der Waals surface area (Å²) in [5.74, 6) is 0.496. The number of pyridine rings is 2. The average Bonchev–Trinajstić information content (AvgIpc) is 2.50. The number of aromatic amines is 1. The van der Waals surface area contributed by atoms with Crippen LogP contribution in [-0.2, 0) is 0 Å². The highest BCUT2D eigenvalue weighted by atomic mass is 16.2. The van der Waals surface area contributed by atoms with Crippen LogP contribution in [0.2, 0.25) is 0 Å². The number of amides is 1. The molecular weight excluding hydrogens is 268 g/mol. The lowest BCUT2D eigenvalue weighted by molar-refractivity contribution is 0.102. The molecule has 0 bridgehead atoms. The van der Waals surface area contributed by atoms with E-state index < -0.39 is 0 Å². The van der Waals surface area contributed by atoms with Crippen LogP contribution in [0.25, 0.3) is 0 Å². The number of anilines is 2. The lowest BCUT2D eigenvalue weighted by Gasteiger charge is -2.19. The third-order valence-corrected chi connectivity index (χ3v) is 3.11. The molecule has 0 aliphatic heterocycles. The largest absolute Gasteiger partial charge is 0.357 e. The van der Waals surface area contributed by atoms with Gasteiger partial charge in [0.15, 0.2) is 0 Å². The van der Waals surface area contributed by atoms with Crippen LogP contribution < -0.4 is 15.8 Å². The van der Waals surface area contributed by atoms with Crippen molar-refractivity contribution in [2.24, 2.45) is 0 Å². The predicted molar refractivity (Wildman–Crippen MR) is 82.8 cm³/mol. The Morgan fingerprint density at radius 1 is 1.24 bits per heavy atom. The summed E-state index contributed by atoms with van der Waals surface area (Å²) in [6.45, 7) is 5.88. The number of H-pyrrole nitrogens is 1. The maximum absolute atomic E-state index is 12.0. The highest BCUT2D eigenvalue weighted by Gasteiger charge is 2.08. The Hall–Kier alpha value is -2.63. The van der Waals surface area contributed by atoms with E-state index in [1.807, 2.05) is 6.07 Å². The van der Waals surface area contributed by atoms with Crippen molar-refractivity contribution in [1.82, 2.24) is 9.97 Å². The molecule has 2 heterocycles. The fourth-order valence-electron chi connectivity index (χ4n) is 1.97. The summed E-state index contributed by atoms with van der Waals surface area (Å²) < 4.78 is 0. The van der Waals surface area contributed by atoms with Gasteiger partial charge in [-0.2, -0.15) is 0 Å². The fourth-order valence-corrected chi connectivity index (χ4v) is 1.97. The van der Waals surface area contributed by atoms with E-state index in [4.69, 9.17) is 0 Å². The van der Waals surface area contributed by atoms with Crippen molar-refractivity contribution in [2.75, 3.05) is 23.3 Å². The van der Waals surface area contributed by atoms with Crippen molar-refractivity contribution in [3.8, 4) is 0 Å². The van der Waals surface area contributed by atoms with Crippen molar-refractivity contribution in [2.45, 2.75) is 13.8 Å². The lowest BCUT2D eigenvalue weighted by Crippen LogP contribution is -2.23. The molecule has 0 spiro atoms. The van der Waals surface area contributed by atoms with Crippen LogP contribution in [0.1, 0.15) is 24.3 Å². The van der Waals surface area contributed by atoms with Gasteiger partial charge in [0.2, 0.25) is 5.56 Å². The molecule has 110 valence electrons. The molecule has 1 amide bonds. The summed E-state index contributed by atoms with van der Waals surface area (Å²) in [6, 6.07) is 8.09. The van der Waals surface area contributed by atoms with Crippen molar-refractivity contribution in [3.63, 3.8) is 0 Å². The van der Waals surface area contributed by atoms with Gasteiger partial charge in [0.05, 0.1) is 11.9 Å². The first-order valence-electron chi connectivity index (χ1n) is 6.85. The summed E-state index contributed by atoms with van der Waals surface area (Å²) in [5.41, 5.74) is 0.494. The van der Waals surface area contributed by atoms with Crippen molar-refractivity contribution >= 4 is 17.4 Å². The number of hydrogen-bond donors (Lipinski definition) is 2. The minimum atomic E-state index is -0.370. The second-order valence-electron chi connectivity index (χ2n) is 4.46. The van der Waals surface area contributed by atoms with E-state index in [-0.39, 0.29) is 17.2 Å². The first-order chi connectivity index (χ1) is 10.1. The molecule has 0 atom stereocenters. The van der Waals surface area contributed by atoms with Gasteiger partial charge in [-0.3, -0.25) is 9.59 Å². The number of hydrogen-bond acceptors (Lipinski definition) is 4. The van der Waals surface area contributed by atoms with E-state index in [1.54, 1.807) is 18.3 Å². The monoisotopic (exact) mass is 286 g/mol. The smallest absolute Gasteiger partial charge is 0.272 e. The number of carbonyl (C=O) groups excluding carboxylic acids is 1. The molecule has 6 nitrogen and oxygen atoms in total. The summed E-state index contributed by atoms with van der Waals surface area (Å²) in [4.78, 5) is 32.1. The molecule has 0 saturated heterocycles. The summed E-state index contributed by atoms with van der Waals surface area (Å²) in [6.07, 6.45) is 1.60. The molecule has 0 unspecified atom stereocenters. The lowest BCUT2D eigenvalue weighted by atomic mass is 10.3. The minimum Gasteiger partial charge on any atom is -0.357 e. The van der Waals surface area contributed by atoms with Crippen molar-refractivity contribution < 1.29 is 4.79 Å². The molecule has 2 N–H and O–H groups in total. The topological polar surface area (TPSA) is 78.1 Å². The van der Waals surface area contributed by atoms with Gasteiger partial charge in [0.25, 0.3) is 5.91 Å². The molecule has 0 fully saturated rings. The van der Waals surface area contributed by atoms with Gasteiger partial charge in [-0.25, -0.2) is 4.98 Å². The Morgan fingerprint density at radius 2 is 2.00 bits per heavy atom. The number of nitrogens with one attached hydrogen (secondary N) is 2. The molecule has 0 aliphatic carbocycles. The van der Waals surface area contributed by atoms with E-state index in [0.717, 1.165) is 18.9 Å². The van der Waals surface area contributed by atoms with E-state index in [1.165, 1.54) is 12.1 Å². The second kappa shape index (κ2) is 6.69. The van der Waals surface area contributed by atoms with Crippen LogP contribution in [0.3, 0.4) is 0 Å². The highest BCUT2D eigenvalue weighted by molar-refractivity contribution is 6.02. The molecule has 2 rings (SSSR count). The van der Waals surface area contributed by atoms with E-state index in [2.05, 4.69) is 34.0 Å². The second-order valence-corrected chi connectivity index (χ2v) is 4.46. The number of rotatable bonds is 5. The molecule has 0 aliphatic rings. The van der Waals surface area contributed by atoms with Gasteiger partial charge in [0.1, 0.15) is 11.5 Å². The van der Waals surface area contributed by atoms with Crippen LogP contribution in [-0.4, -0.2) is 29.0 Å². The summed E-state index contributed by atoms with van der Waals surface area (Å²) in [5, 5.41) is 2.70. The third-order valence-electron chi connectivity index (χ3n) is 3.11. The van der Waals surface area contributed by atoms with Gasteiger partial charge in [-0.1, -0.05) is 6.07 Å². The molecule has 0 saturated carbocycles. The van der Waals surface area contributed by atoms with Crippen LogP contribution in [0, 0.1) is 0 Å². The molecular formula is C15H18N4O2. The zero-order chi connectivity index (χ0) is 15.2. The Kier molecular flexibility index (Phi) is 4.71.